The average molecular weight is 369 g/mol. The van der Waals surface area contributed by atoms with Gasteiger partial charge in [0.15, 0.2) is 0 Å². The Morgan fingerprint density at radius 2 is 1.77 bits per heavy atom. The van der Waals surface area contributed by atoms with Crippen molar-refractivity contribution in [2.24, 2.45) is 0 Å². The second-order valence-corrected chi connectivity index (χ2v) is 7.20. The van der Waals surface area contributed by atoms with E-state index in [0.29, 0.717) is 11.6 Å². The number of piperidine rings is 1. The minimum Gasteiger partial charge on any atom is -0.348 e. The molecule has 26 heavy (non-hydrogen) atoms. The molecule has 1 aliphatic heterocycles. The van der Waals surface area contributed by atoms with Crippen LogP contribution in [-0.4, -0.2) is 23.9 Å². The standard InChI is InChI=1S/C22H25ClN2O/c23-21-10-7-18(8-11-21)9-12-22(26)24-16-19-5-4-6-20(15-19)17-25-13-2-1-3-14-25/h4-12,15H,1-3,13-14,16-17H2,(H,24,26)/b12-9+. The Labute approximate surface area is 160 Å². The molecule has 3 nitrogen and oxygen atoms in total. The number of benzene rings is 2. The van der Waals surface area contributed by atoms with Crippen molar-refractivity contribution in [2.75, 3.05) is 13.1 Å². The molecule has 0 radical (unpaired) electrons. The first-order valence-corrected chi connectivity index (χ1v) is 9.58. The average Bonchev–Trinajstić information content (AvgIpc) is 2.67. The third-order valence-electron chi connectivity index (χ3n) is 4.61. The van der Waals surface area contributed by atoms with Crippen LogP contribution < -0.4 is 5.32 Å². The lowest BCUT2D eigenvalue weighted by atomic mass is 10.1. The van der Waals surface area contributed by atoms with Gasteiger partial charge in [0.2, 0.25) is 5.91 Å². The zero-order valence-corrected chi connectivity index (χ0v) is 15.7. The van der Waals surface area contributed by atoms with Crippen molar-refractivity contribution >= 4 is 23.6 Å². The molecule has 2 aromatic carbocycles. The van der Waals surface area contributed by atoms with E-state index in [0.717, 1.165) is 17.7 Å². The Hall–Kier alpha value is -2.10. The number of halogens is 1. The number of rotatable bonds is 6. The van der Waals surface area contributed by atoms with Crippen molar-refractivity contribution in [1.29, 1.82) is 0 Å². The van der Waals surface area contributed by atoms with E-state index in [1.165, 1.54) is 37.9 Å². The third kappa shape index (κ3) is 6.01. The zero-order valence-electron chi connectivity index (χ0n) is 15.0. The molecule has 0 unspecified atom stereocenters. The molecule has 1 fully saturated rings. The van der Waals surface area contributed by atoms with E-state index in [1.807, 2.05) is 24.3 Å². The van der Waals surface area contributed by atoms with Gasteiger partial charge in [-0.3, -0.25) is 9.69 Å². The smallest absolute Gasteiger partial charge is 0.244 e. The Bertz CT molecular complexity index is 749. The minimum absolute atomic E-state index is 0.0959. The number of likely N-dealkylation sites (tertiary alicyclic amines) is 1. The van der Waals surface area contributed by atoms with Crippen molar-refractivity contribution in [2.45, 2.75) is 32.4 Å². The monoisotopic (exact) mass is 368 g/mol. The number of amides is 1. The minimum atomic E-state index is -0.0959. The first-order chi connectivity index (χ1) is 12.7. The van der Waals surface area contributed by atoms with Gasteiger partial charge in [-0.15, -0.1) is 0 Å². The van der Waals surface area contributed by atoms with Gasteiger partial charge in [0.1, 0.15) is 0 Å². The van der Waals surface area contributed by atoms with Crippen LogP contribution in [0.3, 0.4) is 0 Å². The summed E-state index contributed by atoms with van der Waals surface area (Å²) >= 11 is 5.86. The van der Waals surface area contributed by atoms with Crippen LogP contribution in [0.1, 0.15) is 36.0 Å². The Kier molecular flexibility index (Phi) is 6.87. The summed E-state index contributed by atoms with van der Waals surface area (Å²) in [6.07, 6.45) is 7.30. The number of hydrogen-bond acceptors (Lipinski definition) is 2. The maximum absolute atomic E-state index is 12.0. The van der Waals surface area contributed by atoms with Crippen LogP contribution in [0.4, 0.5) is 0 Å². The van der Waals surface area contributed by atoms with Crippen molar-refractivity contribution in [1.82, 2.24) is 10.2 Å². The molecule has 0 aliphatic carbocycles. The maximum atomic E-state index is 12.0. The van der Waals surface area contributed by atoms with Gasteiger partial charge in [-0.25, -0.2) is 0 Å². The van der Waals surface area contributed by atoms with Crippen LogP contribution in [-0.2, 0) is 17.9 Å². The van der Waals surface area contributed by atoms with Gasteiger partial charge in [-0.05, 0) is 60.8 Å². The fraction of sp³-hybridized carbons (Fsp3) is 0.318. The highest BCUT2D eigenvalue weighted by Crippen LogP contribution is 2.14. The molecular weight excluding hydrogens is 344 g/mol. The number of nitrogens with zero attached hydrogens (tertiary/aromatic N) is 1. The first kappa shape index (κ1) is 18.7. The maximum Gasteiger partial charge on any atom is 0.244 e. The normalized spacial score (nSPS) is 15.3. The largest absolute Gasteiger partial charge is 0.348 e. The summed E-state index contributed by atoms with van der Waals surface area (Å²) in [5, 5.41) is 3.64. The number of hydrogen-bond donors (Lipinski definition) is 1. The number of nitrogens with one attached hydrogen (secondary N) is 1. The predicted molar refractivity (Wildman–Crippen MR) is 108 cm³/mol. The van der Waals surface area contributed by atoms with E-state index in [4.69, 9.17) is 11.6 Å². The molecule has 0 aromatic heterocycles. The molecule has 136 valence electrons. The van der Waals surface area contributed by atoms with E-state index in [9.17, 15) is 4.79 Å². The summed E-state index contributed by atoms with van der Waals surface area (Å²) in [5.41, 5.74) is 3.40. The lowest BCUT2D eigenvalue weighted by Crippen LogP contribution is -2.29. The summed E-state index contributed by atoms with van der Waals surface area (Å²) in [4.78, 5) is 14.5. The van der Waals surface area contributed by atoms with E-state index >= 15 is 0 Å². The van der Waals surface area contributed by atoms with Gasteiger partial charge in [0, 0.05) is 24.2 Å². The topological polar surface area (TPSA) is 32.3 Å². The highest BCUT2D eigenvalue weighted by atomic mass is 35.5. The van der Waals surface area contributed by atoms with Crippen molar-refractivity contribution in [3.63, 3.8) is 0 Å². The lowest BCUT2D eigenvalue weighted by Gasteiger charge is -2.26. The van der Waals surface area contributed by atoms with Gasteiger partial charge in [-0.1, -0.05) is 54.4 Å². The van der Waals surface area contributed by atoms with E-state index in [1.54, 1.807) is 12.2 Å². The van der Waals surface area contributed by atoms with Gasteiger partial charge in [-0.2, -0.15) is 0 Å². The molecule has 1 aliphatic rings. The Morgan fingerprint density at radius 1 is 1.04 bits per heavy atom. The first-order valence-electron chi connectivity index (χ1n) is 9.21. The Balaban J connectivity index is 1.49. The molecule has 0 spiro atoms. The van der Waals surface area contributed by atoms with Crippen LogP contribution in [0.15, 0.2) is 54.6 Å². The van der Waals surface area contributed by atoms with Crippen molar-refractivity contribution < 1.29 is 4.79 Å². The molecule has 4 heteroatoms. The van der Waals surface area contributed by atoms with Crippen LogP contribution in [0, 0.1) is 0 Å². The van der Waals surface area contributed by atoms with Crippen LogP contribution in [0.5, 0.6) is 0 Å². The van der Waals surface area contributed by atoms with Gasteiger partial charge >= 0.3 is 0 Å². The van der Waals surface area contributed by atoms with Crippen LogP contribution in [0.2, 0.25) is 5.02 Å². The summed E-state index contributed by atoms with van der Waals surface area (Å²) in [5.74, 6) is -0.0959. The molecule has 1 heterocycles. The summed E-state index contributed by atoms with van der Waals surface area (Å²) in [6, 6.07) is 15.9. The van der Waals surface area contributed by atoms with E-state index in [-0.39, 0.29) is 5.91 Å². The molecule has 0 atom stereocenters. The van der Waals surface area contributed by atoms with E-state index in [2.05, 4.69) is 34.5 Å². The van der Waals surface area contributed by atoms with Gasteiger partial charge in [0.05, 0.1) is 0 Å². The Morgan fingerprint density at radius 3 is 2.54 bits per heavy atom. The van der Waals surface area contributed by atoms with Gasteiger partial charge in [0.25, 0.3) is 0 Å². The van der Waals surface area contributed by atoms with Crippen molar-refractivity contribution in [3.8, 4) is 0 Å². The second kappa shape index (κ2) is 9.56. The molecule has 2 aromatic rings. The SMILES string of the molecule is O=C(/C=C/c1ccc(Cl)cc1)NCc1cccc(CN2CCCCC2)c1. The van der Waals surface area contributed by atoms with Crippen LogP contribution in [0.25, 0.3) is 6.08 Å². The molecule has 0 saturated carbocycles. The van der Waals surface area contributed by atoms with Crippen molar-refractivity contribution in [3.05, 3.63) is 76.3 Å². The molecule has 1 N–H and O–H groups in total. The summed E-state index contributed by atoms with van der Waals surface area (Å²) in [6.45, 7) is 3.92. The predicted octanol–water partition coefficient (Wildman–Crippen LogP) is 4.66. The molecule has 0 bridgehead atoms. The highest BCUT2D eigenvalue weighted by Gasteiger charge is 2.10. The quantitative estimate of drug-likeness (QED) is 0.752. The third-order valence-corrected chi connectivity index (χ3v) is 4.86. The fourth-order valence-electron chi connectivity index (χ4n) is 3.21. The zero-order chi connectivity index (χ0) is 18.2. The molecule has 1 saturated heterocycles. The van der Waals surface area contributed by atoms with E-state index < -0.39 is 0 Å². The summed E-state index contributed by atoms with van der Waals surface area (Å²) in [7, 11) is 0. The molecule has 3 rings (SSSR count). The summed E-state index contributed by atoms with van der Waals surface area (Å²) < 4.78 is 0. The lowest BCUT2D eigenvalue weighted by molar-refractivity contribution is -0.116. The second-order valence-electron chi connectivity index (χ2n) is 6.76. The molecular formula is C22H25ClN2O. The van der Waals surface area contributed by atoms with Gasteiger partial charge < -0.3 is 5.32 Å². The fourth-order valence-corrected chi connectivity index (χ4v) is 3.33. The molecule has 1 amide bonds. The number of carbonyl (C=O) groups is 1. The number of carbonyl (C=O) groups excluding carboxylic acids is 1. The highest BCUT2D eigenvalue weighted by molar-refractivity contribution is 6.30. The van der Waals surface area contributed by atoms with Crippen LogP contribution >= 0.6 is 11.6 Å².